The number of hydrogen-bond donors (Lipinski definition) is 0. The molecule has 0 spiro atoms. The molecule has 0 bridgehead atoms. The Hall–Kier alpha value is -1.06. The third-order valence-electron chi connectivity index (χ3n) is 3.35. The predicted molar refractivity (Wildman–Crippen MR) is 68.8 cm³/mol. The molecule has 0 radical (unpaired) electrons. The Morgan fingerprint density at radius 2 is 1.50 bits per heavy atom. The summed E-state index contributed by atoms with van der Waals surface area (Å²) in [7, 11) is 8.52. The van der Waals surface area contributed by atoms with Gasteiger partial charge < -0.3 is 4.90 Å². The second kappa shape index (κ2) is 4.44. The number of nitrogens with zero attached hydrogens (tertiary/aromatic N) is 3. The molecule has 0 aliphatic carbocycles. The molecule has 1 aromatic rings. The van der Waals surface area contributed by atoms with Crippen LogP contribution in [0.15, 0.2) is 24.3 Å². The smallest absolute Gasteiger partial charge is 0.0882 e. The molecule has 1 aliphatic rings. The minimum atomic E-state index is 0.441. The summed E-state index contributed by atoms with van der Waals surface area (Å²) in [4.78, 5) is 6.92. The van der Waals surface area contributed by atoms with Crippen LogP contribution in [0.1, 0.15) is 11.7 Å². The second-order valence-corrected chi connectivity index (χ2v) is 4.82. The summed E-state index contributed by atoms with van der Waals surface area (Å²) < 4.78 is 0. The first-order chi connectivity index (χ1) is 7.59. The lowest BCUT2D eigenvalue weighted by Crippen LogP contribution is -2.25. The third-order valence-corrected chi connectivity index (χ3v) is 3.35. The largest absolute Gasteiger partial charge is 0.378 e. The normalized spacial score (nSPS) is 19.2. The molecule has 0 amide bonds. The molecule has 0 aromatic heterocycles. The second-order valence-electron chi connectivity index (χ2n) is 4.82. The van der Waals surface area contributed by atoms with E-state index in [2.05, 4.69) is 67.2 Å². The van der Waals surface area contributed by atoms with Crippen molar-refractivity contribution in [2.75, 3.05) is 46.2 Å². The van der Waals surface area contributed by atoms with E-state index in [-0.39, 0.29) is 0 Å². The fourth-order valence-corrected chi connectivity index (χ4v) is 2.35. The van der Waals surface area contributed by atoms with Crippen molar-refractivity contribution < 1.29 is 0 Å². The van der Waals surface area contributed by atoms with E-state index in [1.165, 1.54) is 11.3 Å². The van der Waals surface area contributed by atoms with Crippen LogP contribution in [0.4, 0.5) is 5.69 Å². The van der Waals surface area contributed by atoms with Gasteiger partial charge in [-0.15, -0.1) is 0 Å². The first kappa shape index (κ1) is 11.4. The molecule has 0 saturated carbocycles. The van der Waals surface area contributed by atoms with Gasteiger partial charge >= 0.3 is 0 Å². The molecule has 88 valence electrons. The van der Waals surface area contributed by atoms with Crippen molar-refractivity contribution in [3.8, 4) is 0 Å². The zero-order valence-corrected chi connectivity index (χ0v) is 10.6. The fourth-order valence-electron chi connectivity index (χ4n) is 2.35. The number of rotatable bonds is 2. The Balaban J connectivity index is 2.21. The van der Waals surface area contributed by atoms with Gasteiger partial charge in [-0.1, -0.05) is 12.1 Å². The van der Waals surface area contributed by atoms with Gasteiger partial charge in [0.25, 0.3) is 0 Å². The van der Waals surface area contributed by atoms with E-state index >= 15 is 0 Å². The molecule has 3 heteroatoms. The standard InChI is InChI=1S/C13H21N3/c1-14(2)12-7-5-11(6-8-12)13-15(3)9-10-16(13)4/h5-8,13H,9-10H2,1-4H3. The van der Waals surface area contributed by atoms with Crippen LogP contribution in [-0.2, 0) is 0 Å². The molecule has 1 heterocycles. The Bertz CT molecular complexity index is 335. The first-order valence-electron chi connectivity index (χ1n) is 5.77. The maximum atomic E-state index is 2.39. The number of benzene rings is 1. The van der Waals surface area contributed by atoms with Gasteiger partial charge in [-0.3, -0.25) is 9.80 Å². The first-order valence-corrected chi connectivity index (χ1v) is 5.77. The van der Waals surface area contributed by atoms with Crippen molar-refractivity contribution in [3.63, 3.8) is 0 Å². The van der Waals surface area contributed by atoms with Crippen LogP contribution in [0.25, 0.3) is 0 Å². The Labute approximate surface area is 98.3 Å². The van der Waals surface area contributed by atoms with Gasteiger partial charge in [-0.05, 0) is 31.8 Å². The quantitative estimate of drug-likeness (QED) is 0.748. The van der Waals surface area contributed by atoms with E-state index in [4.69, 9.17) is 0 Å². The maximum absolute atomic E-state index is 2.39. The van der Waals surface area contributed by atoms with Crippen molar-refractivity contribution in [2.45, 2.75) is 6.17 Å². The van der Waals surface area contributed by atoms with Gasteiger partial charge in [0.1, 0.15) is 0 Å². The Kier molecular flexibility index (Phi) is 3.17. The van der Waals surface area contributed by atoms with Crippen LogP contribution in [0.3, 0.4) is 0 Å². The SMILES string of the molecule is CN(C)c1ccc(C2N(C)CCN2C)cc1. The van der Waals surface area contributed by atoms with Crippen LogP contribution in [-0.4, -0.2) is 51.1 Å². The monoisotopic (exact) mass is 219 g/mol. The number of likely N-dealkylation sites (N-methyl/N-ethyl adjacent to an activating group) is 2. The zero-order valence-electron chi connectivity index (χ0n) is 10.6. The van der Waals surface area contributed by atoms with E-state index in [9.17, 15) is 0 Å². The van der Waals surface area contributed by atoms with Gasteiger partial charge in [-0.2, -0.15) is 0 Å². The van der Waals surface area contributed by atoms with Crippen molar-refractivity contribution in [1.29, 1.82) is 0 Å². The topological polar surface area (TPSA) is 9.72 Å². The van der Waals surface area contributed by atoms with Crippen LogP contribution in [0.2, 0.25) is 0 Å². The van der Waals surface area contributed by atoms with Crippen LogP contribution >= 0.6 is 0 Å². The summed E-state index contributed by atoms with van der Waals surface area (Å²) in [6, 6.07) is 8.85. The molecule has 1 aliphatic heterocycles. The zero-order chi connectivity index (χ0) is 11.7. The average molecular weight is 219 g/mol. The van der Waals surface area contributed by atoms with E-state index in [0.29, 0.717) is 6.17 Å². The summed E-state index contributed by atoms with van der Waals surface area (Å²) in [6.07, 6.45) is 0.441. The van der Waals surface area contributed by atoms with Crippen molar-refractivity contribution in [2.24, 2.45) is 0 Å². The molecule has 2 rings (SSSR count). The Morgan fingerprint density at radius 3 is 1.94 bits per heavy atom. The lowest BCUT2D eigenvalue weighted by molar-refractivity contribution is 0.190. The van der Waals surface area contributed by atoms with E-state index in [1.54, 1.807) is 0 Å². The van der Waals surface area contributed by atoms with Crippen LogP contribution < -0.4 is 4.90 Å². The minimum absolute atomic E-state index is 0.441. The summed E-state index contributed by atoms with van der Waals surface area (Å²) >= 11 is 0. The summed E-state index contributed by atoms with van der Waals surface area (Å²) in [5, 5.41) is 0. The van der Waals surface area contributed by atoms with E-state index < -0.39 is 0 Å². The summed E-state index contributed by atoms with van der Waals surface area (Å²) in [5.41, 5.74) is 2.64. The molecule has 1 fully saturated rings. The van der Waals surface area contributed by atoms with Gasteiger partial charge in [0.05, 0.1) is 6.17 Å². The minimum Gasteiger partial charge on any atom is -0.378 e. The van der Waals surface area contributed by atoms with Gasteiger partial charge in [0.15, 0.2) is 0 Å². The molecule has 16 heavy (non-hydrogen) atoms. The molecule has 1 saturated heterocycles. The fraction of sp³-hybridized carbons (Fsp3) is 0.538. The molecular formula is C13H21N3. The van der Waals surface area contributed by atoms with Gasteiger partial charge in [-0.25, -0.2) is 0 Å². The van der Waals surface area contributed by atoms with Crippen LogP contribution in [0.5, 0.6) is 0 Å². The molecule has 0 N–H and O–H groups in total. The summed E-state index contributed by atoms with van der Waals surface area (Å²) in [5.74, 6) is 0. The molecule has 3 nitrogen and oxygen atoms in total. The summed E-state index contributed by atoms with van der Waals surface area (Å²) in [6.45, 7) is 2.30. The van der Waals surface area contributed by atoms with E-state index in [1.807, 2.05) is 0 Å². The van der Waals surface area contributed by atoms with Crippen LogP contribution in [0, 0.1) is 0 Å². The molecule has 0 atom stereocenters. The number of anilines is 1. The van der Waals surface area contributed by atoms with Crippen molar-refractivity contribution >= 4 is 5.69 Å². The van der Waals surface area contributed by atoms with E-state index in [0.717, 1.165) is 13.1 Å². The maximum Gasteiger partial charge on any atom is 0.0882 e. The van der Waals surface area contributed by atoms with Crippen molar-refractivity contribution in [3.05, 3.63) is 29.8 Å². The highest BCUT2D eigenvalue weighted by atomic mass is 15.4. The highest BCUT2D eigenvalue weighted by Gasteiger charge is 2.27. The number of hydrogen-bond acceptors (Lipinski definition) is 3. The molecule has 1 aromatic carbocycles. The molecular weight excluding hydrogens is 198 g/mol. The highest BCUT2D eigenvalue weighted by molar-refractivity contribution is 5.46. The highest BCUT2D eigenvalue weighted by Crippen LogP contribution is 2.28. The lowest BCUT2D eigenvalue weighted by atomic mass is 10.1. The van der Waals surface area contributed by atoms with Gasteiger partial charge in [0, 0.05) is 32.9 Å². The molecule has 0 unspecified atom stereocenters. The average Bonchev–Trinajstić information content (AvgIpc) is 2.59. The Morgan fingerprint density at radius 1 is 1.00 bits per heavy atom. The lowest BCUT2D eigenvalue weighted by Gasteiger charge is -2.25. The predicted octanol–water partition coefficient (Wildman–Crippen LogP) is 1.63. The van der Waals surface area contributed by atoms with Gasteiger partial charge in [0.2, 0.25) is 0 Å². The third kappa shape index (κ3) is 2.06. The van der Waals surface area contributed by atoms with Crippen molar-refractivity contribution in [1.82, 2.24) is 9.80 Å².